The van der Waals surface area contributed by atoms with E-state index in [-0.39, 0.29) is 5.91 Å². The average molecular weight is 352 g/mol. The summed E-state index contributed by atoms with van der Waals surface area (Å²) in [6.07, 6.45) is 0.708. The highest BCUT2D eigenvalue weighted by atomic mass is 32.1. The summed E-state index contributed by atoms with van der Waals surface area (Å²) in [6.45, 7) is 2.57. The number of thiazole rings is 1. The van der Waals surface area contributed by atoms with Crippen molar-refractivity contribution in [2.24, 2.45) is 0 Å². The smallest absolute Gasteiger partial charge is 0.277 e. The van der Waals surface area contributed by atoms with E-state index in [4.69, 9.17) is 4.74 Å². The molecule has 0 saturated carbocycles. The molecule has 0 aliphatic rings. The molecule has 1 heterocycles. The molecule has 0 bridgehead atoms. The molecule has 0 aliphatic carbocycles. The Bertz CT molecular complexity index is 828. The predicted molar refractivity (Wildman–Crippen MR) is 102 cm³/mol. The van der Waals surface area contributed by atoms with Crippen LogP contribution in [0.15, 0.2) is 60.0 Å². The molecule has 1 amide bonds. The number of para-hydroxylation sites is 1. The van der Waals surface area contributed by atoms with Crippen molar-refractivity contribution in [1.82, 2.24) is 4.98 Å². The van der Waals surface area contributed by atoms with Crippen molar-refractivity contribution in [3.05, 3.63) is 76.2 Å². The first-order chi connectivity index (χ1) is 12.2. The Morgan fingerprint density at radius 1 is 1.12 bits per heavy atom. The number of ether oxygens (including phenoxy) is 1. The standard InChI is InChI=1S/C20H20N2O2S/c1-3-22(16-7-5-4-6-8-16)20(23)18-14-25-19(21-18)13-15-9-11-17(24-2)12-10-15/h4-12,14H,3,13H2,1-2H3. The topological polar surface area (TPSA) is 42.4 Å². The molecular formula is C20H20N2O2S. The SMILES string of the molecule is CCN(C(=O)c1csc(Cc2ccc(OC)cc2)n1)c1ccccc1. The maximum Gasteiger partial charge on any atom is 0.277 e. The maximum absolute atomic E-state index is 12.8. The lowest BCUT2D eigenvalue weighted by molar-refractivity contribution is 0.0984. The van der Waals surface area contributed by atoms with Crippen LogP contribution in [0, 0.1) is 0 Å². The number of carbonyl (C=O) groups is 1. The summed E-state index contributed by atoms with van der Waals surface area (Å²) < 4.78 is 5.17. The normalized spacial score (nSPS) is 10.5. The van der Waals surface area contributed by atoms with E-state index in [0.29, 0.717) is 18.7 Å². The molecule has 0 aliphatic heterocycles. The van der Waals surface area contributed by atoms with Crippen molar-refractivity contribution in [2.75, 3.05) is 18.6 Å². The minimum atomic E-state index is -0.0640. The summed E-state index contributed by atoms with van der Waals surface area (Å²) in [5.74, 6) is 0.770. The first-order valence-corrected chi connectivity index (χ1v) is 9.03. The number of aromatic nitrogens is 1. The average Bonchev–Trinajstić information content (AvgIpc) is 3.12. The van der Waals surface area contributed by atoms with Gasteiger partial charge in [0.15, 0.2) is 0 Å². The molecule has 0 radical (unpaired) electrons. The van der Waals surface area contributed by atoms with Gasteiger partial charge in [-0.15, -0.1) is 11.3 Å². The third-order valence-corrected chi connectivity index (χ3v) is 4.76. The molecule has 0 atom stereocenters. The number of rotatable bonds is 6. The van der Waals surface area contributed by atoms with E-state index < -0.39 is 0 Å². The zero-order chi connectivity index (χ0) is 17.6. The van der Waals surface area contributed by atoms with Crippen molar-refractivity contribution in [2.45, 2.75) is 13.3 Å². The minimum Gasteiger partial charge on any atom is -0.497 e. The molecule has 4 nitrogen and oxygen atoms in total. The van der Waals surface area contributed by atoms with E-state index in [0.717, 1.165) is 22.0 Å². The van der Waals surface area contributed by atoms with Crippen molar-refractivity contribution in [3.63, 3.8) is 0 Å². The van der Waals surface area contributed by atoms with E-state index >= 15 is 0 Å². The number of nitrogens with zero attached hydrogens (tertiary/aromatic N) is 2. The van der Waals surface area contributed by atoms with Gasteiger partial charge in [0.05, 0.1) is 12.1 Å². The Balaban J connectivity index is 1.74. The number of hydrogen-bond acceptors (Lipinski definition) is 4. The van der Waals surface area contributed by atoms with Crippen molar-refractivity contribution < 1.29 is 9.53 Å². The molecule has 0 unspecified atom stereocenters. The van der Waals surface area contributed by atoms with Gasteiger partial charge in [0.2, 0.25) is 0 Å². The van der Waals surface area contributed by atoms with Gasteiger partial charge in [-0.25, -0.2) is 4.98 Å². The Kier molecular flexibility index (Phi) is 5.46. The van der Waals surface area contributed by atoms with Crippen molar-refractivity contribution in [1.29, 1.82) is 0 Å². The molecule has 3 aromatic rings. The molecule has 0 N–H and O–H groups in total. The minimum absolute atomic E-state index is 0.0640. The first kappa shape index (κ1) is 17.2. The summed E-state index contributed by atoms with van der Waals surface area (Å²) in [4.78, 5) is 19.1. The molecular weight excluding hydrogens is 332 g/mol. The van der Waals surface area contributed by atoms with Crippen LogP contribution in [0.2, 0.25) is 0 Å². The van der Waals surface area contributed by atoms with Gasteiger partial charge in [-0.05, 0) is 36.8 Å². The molecule has 128 valence electrons. The second-order valence-corrected chi connectivity index (χ2v) is 6.48. The zero-order valence-electron chi connectivity index (χ0n) is 14.3. The van der Waals surface area contributed by atoms with Crippen LogP contribution in [0.1, 0.15) is 28.0 Å². The maximum atomic E-state index is 12.8. The van der Waals surface area contributed by atoms with Gasteiger partial charge in [0, 0.05) is 24.0 Å². The van der Waals surface area contributed by atoms with Gasteiger partial charge in [-0.3, -0.25) is 4.79 Å². The molecule has 1 aromatic heterocycles. The molecule has 3 rings (SSSR count). The highest BCUT2D eigenvalue weighted by molar-refractivity contribution is 7.09. The van der Waals surface area contributed by atoms with Gasteiger partial charge in [-0.2, -0.15) is 0 Å². The summed E-state index contributed by atoms with van der Waals surface area (Å²) in [6, 6.07) is 17.6. The number of hydrogen-bond donors (Lipinski definition) is 0. The Hall–Kier alpha value is -2.66. The second kappa shape index (κ2) is 7.94. The number of amides is 1. The predicted octanol–water partition coefficient (Wildman–Crippen LogP) is 4.41. The number of carbonyl (C=O) groups excluding carboxylic acids is 1. The van der Waals surface area contributed by atoms with Gasteiger partial charge in [-0.1, -0.05) is 30.3 Å². The third-order valence-electron chi connectivity index (χ3n) is 3.91. The fourth-order valence-corrected chi connectivity index (χ4v) is 3.40. The van der Waals surface area contributed by atoms with Crippen LogP contribution in [0.5, 0.6) is 5.75 Å². The molecule has 0 saturated heterocycles. The lowest BCUT2D eigenvalue weighted by atomic mass is 10.1. The molecule has 0 spiro atoms. The van der Waals surface area contributed by atoms with Crippen molar-refractivity contribution in [3.8, 4) is 5.75 Å². The Morgan fingerprint density at radius 3 is 2.48 bits per heavy atom. The van der Waals surface area contributed by atoms with Crippen LogP contribution in [0.4, 0.5) is 5.69 Å². The van der Waals surface area contributed by atoms with E-state index in [1.165, 1.54) is 11.3 Å². The number of benzene rings is 2. The zero-order valence-corrected chi connectivity index (χ0v) is 15.1. The van der Waals surface area contributed by atoms with Crippen LogP contribution in [0.25, 0.3) is 0 Å². The molecule has 2 aromatic carbocycles. The fourth-order valence-electron chi connectivity index (χ4n) is 2.60. The van der Waals surface area contributed by atoms with E-state index in [9.17, 15) is 4.79 Å². The summed E-state index contributed by atoms with van der Waals surface area (Å²) in [5.41, 5.74) is 2.53. The fraction of sp³-hybridized carbons (Fsp3) is 0.200. The first-order valence-electron chi connectivity index (χ1n) is 8.15. The van der Waals surface area contributed by atoms with Gasteiger partial charge < -0.3 is 9.64 Å². The van der Waals surface area contributed by atoms with Crippen LogP contribution in [-0.4, -0.2) is 24.5 Å². The van der Waals surface area contributed by atoms with Gasteiger partial charge >= 0.3 is 0 Å². The Morgan fingerprint density at radius 2 is 1.84 bits per heavy atom. The number of anilines is 1. The van der Waals surface area contributed by atoms with Crippen LogP contribution in [0.3, 0.4) is 0 Å². The summed E-state index contributed by atoms with van der Waals surface area (Å²) >= 11 is 1.52. The monoisotopic (exact) mass is 352 g/mol. The van der Waals surface area contributed by atoms with Crippen LogP contribution < -0.4 is 9.64 Å². The van der Waals surface area contributed by atoms with E-state index in [1.807, 2.05) is 66.9 Å². The lowest BCUT2D eigenvalue weighted by Gasteiger charge is -2.19. The van der Waals surface area contributed by atoms with Crippen LogP contribution in [-0.2, 0) is 6.42 Å². The highest BCUT2D eigenvalue weighted by Gasteiger charge is 2.19. The van der Waals surface area contributed by atoms with Crippen molar-refractivity contribution >= 4 is 22.9 Å². The summed E-state index contributed by atoms with van der Waals surface area (Å²) in [7, 11) is 1.65. The molecule has 25 heavy (non-hydrogen) atoms. The number of methoxy groups -OCH3 is 1. The lowest BCUT2D eigenvalue weighted by Crippen LogP contribution is -2.30. The Labute approximate surface area is 151 Å². The highest BCUT2D eigenvalue weighted by Crippen LogP contribution is 2.21. The quantitative estimate of drug-likeness (QED) is 0.660. The van der Waals surface area contributed by atoms with Crippen LogP contribution >= 0.6 is 11.3 Å². The summed E-state index contributed by atoms with van der Waals surface area (Å²) in [5, 5.41) is 2.77. The second-order valence-electron chi connectivity index (χ2n) is 5.54. The van der Waals surface area contributed by atoms with Gasteiger partial charge in [0.1, 0.15) is 11.4 Å². The molecule has 0 fully saturated rings. The van der Waals surface area contributed by atoms with E-state index in [1.54, 1.807) is 12.0 Å². The third kappa shape index (κ3) is 4.06. The van der Waals surface area contributed by atoms with E-state index in [2.05, 4.69) is 4.98 Å². The molecule has 5 heteroatoms. The largest absolute Gasteiger partial charge is 0.497 e. The van der Waals surface area contributed by atoms with Gasteiger partial charge in [0.25, 0.3) is 5.91 Å².